The molecule has 0 atom stereocenters. The summed E-state index contributed by atoms with van der Waals surface area (Å²) in [6, 6.07) is 10.4. The number of amides is 1. The first-order valence-corrected chi connectivity index (χ1v) is 12.9. The van der Waals surface area contributed by atoms with Gasteiger partial charge in [-0.15, -0.1) is 0 Å². The van der Waals surface area contributed by atoms with Crippen molar-refractivity contribution in [2.75, 3.05) is 30.9 Å². The van der Waals surface area contributed by atoms with Crippen molar-refractivity contribution in [3.05, 3.63) is 58.7 Å². The number of nitrogens with one attached hydrogen (secondary N) is 2. The van der Waals surface area contributed by atoms with E-state index in [1.165, 1.54) is 18.9 Å². The molecule has 0 unspecified atom stereocenters. The van der Waals surface area contributed by atoms with Gasteiger partial charge in [-0.05, 0) is 94.9 Å². The van der Waals surface area contributed by atoms with E-state index in [1.807, 2.05) is 26.0 Å². The van der Waals surface area contributed by atoms with Crippen LogP contribution in [0.3, 0.4) is 0 Å². The van der Waals surface area contributed by atoms with Gasteiger partial charge in [0.05, 0.1) is 10.6 Å². The van der Waals surface area contributed by atoms with Gasteiger partial charge in [-0.2, -0.15) is 0 Å². The molecule has 2 aromatic rings. The number of anilines is 1. The normalized spacial score (nSPS) is 15.5. The number of hydrogen-bond acceptors (Lipinski definition) is 4. The highest BCUT2D eigenvalue weighted by atomic mass is 32.2. The number of aryl methyl sites for hydroxylation is 3. The van der Waals surface area contributed by atoms with Crippen molar-refractivity contribution in [2.24, 2.45) is 5.92 Å². The summed E-state index contributed by atoms with van der Waals surface area (Å²) in [6.45, 7) is 11.7. The number of carbonyl (C=O) groups excluding carboxylic acids is 1. The Hall–Kier alpha value is -2.38. The zero-order chi connectivity index (χ0) is 23.3. The molecule has 2 N–H and O–H groups in total. The molecule has 1 saturated heterocycles. The lowest BCUT2D eigenvalue weighted by atomic mass is 9.99. The highest BCUT2D eigenvalue weighted by Gasteiger charge is 2.20. The van der Waals surface area contributed by atoms with Crippen LogP contribution >= 0.6 is 0 Å². The standard InChI is InChI=1S/C25H35N3O3S/c1-18-10-14-28(15-11-18)13-5-12-26-25(29)22-8-7-20(3)24(17-22)32(30,31)27-23-9-6-19(2)16-21(23)4/h6-9,16-18,27H,5,10-15H2,1-4H3,(H,26,29). The van der Waals surface area contributed by atoms with Crippen LogP contribution in [0.1, 0.15) is 53.2 Å². The fourth-order valence-electron chi connectivity index (χ4n) is 4.05. The third-order valence-corrected chi connectivity index (χ3v) is 7.69. The van der Waals surface area contributed by atoms with Crippen LogP contribution in [0.2, 0.25) is 0 Å². The monoisotopic (exact) mass is 457 g/mol. The second-order valence-electron chi connectivity index (χ2n) is 9.04. The van der Waals surface area contributed by atoms with E-state index in [-0.39, 0.29) is 10.8 Å². The zero-order valence-corrected chi connectivity index (χ0v) is 20.4. The number of benzene rings is 2. The Bertz CT molecular complexity index is 1060. The van der Waals surface area contributed by atoms with Crippen LogP contribution in [0.4, 0.5) is 5.69 Å². The molecule has 32 heavy (non-hydrogen) atoms. The van der Waals surface area contributed by atoms with Gasteiger partial charge in [-0.1, -0.05) is 30.7 Å². The molecular weight excluding hydrogens is 422 g/mol. The van der Waals surface area contributed by atoms with E-state index < -0.39 is 10.0 Å². The molecule has 0 aromatic heterocycles. The van der Waals surface area contributed by atoms with Crippen molar-refractivity contribution in [1.82, 2.24) is 10.2 Å². The lowest BCUT2D eigenvalue weighted by molar-refractivity contribution is 0.0950. The quantitative estimate of drug-likeness (QED) is 0.581. The smallest absolute Gasteiger partial charge is 0.262 e. The molecule has 1 aliphatic heterocycles. The number of likely N-dealkylation sites (tertiary alicyclic amines) is 1. The van der Waals surface area contributed by atoms with Crippen LogP contribution in [-0.2, 0) is 10.0 Å². The summed E-state index contributed by atoms with van der Waals surface area (Å²) in [6.07, 6.45) is 3.36. The van der Waals surface area contributed by atoms with Gasteiger partial charge in [0.1, 0.15) is 0 Å². The molecule has 6 nitrogen and oxygen atoms in total. The number of sulfonamides is 1. The molecule has 7 heteroatoms. The summed E-state index contributed by atoms with van der Waals surface area (Å²) in [7, 11) is -3.82. The van der Waals surface area contributed by atoms with Gasteiger partial charge in [0, 0.05) is 12.1 Å². The first-order chi connectivity index (χ1) is 15.2. The molecular formula is C25H35N3O3S. The van der Waals surface area contributed by atoms with Crippen molar-refractivity contribution < 1.29 is 13.2 Å². The summed E-state index contributed by atoms with van der Waals surface area (Å²) in [4.78, 5) is 15.2. The Morgan fingerprint density at radius 2 is 1.75 bits per heavy atom. The topological polar surface area (TPSA) is 78.5 Å². The van der Waals surface area contributed by atoms with E-state index in [0.29, 0.717) is 23.4 Å². The van der Waals surface area contributed by atoms with E-state index in [0.717, 1.165) is 43.1 Å². The summed E-state index contributed by atoms with van der Waals surface area (Å²) in [5.41, 5.74) is 3.40. The molecule has 1 aliphatic rings. The lowest BCUT2D eigenvalue weighted by Gasteiger charge is -2.30. The van der Waals surface area contributed by atoms with Gasteiger partial charge in [-0.25, -0.2) is 8.42 Å². The Morgan fingerprint density at radius 1 is 1.03 bits per heavy atom. The number of rotatable bonds is 8. The molecule has 1 amide bonds. The van der Waals surface area contributed by atoms with E-state index in [4.69, 9.17) is 0 Å². The molecule has 1 fully saturated rings. The first-order valence-electron chi connectivity index (χ1n) is 11.4. The highest BCUT2D eigenvalue weighted by molar-refractivity contribution is 7.92. The summed E-state index contributed by atoms with van der Waals surface area (Å²) < 4.78 is 28.8. The second kappa shape index (κ2) is 10.5. The maximum Gasteiger partial charge on any atom is 0.262 e. The van der Waals surface area contributed by atoms with Crippen LogP contribution in [0.25, 0.3) is 0 Å². The fourth-order valence-corrected chi connectivity index (χ4v) is 5.45. The number of hydrogen-bond donors (Lipinski definition) is 2. The summed E-state index contributed by atoms with van der Waals surface area (Å²) in [5, 5.41) is 2.93. The second-order valence-corrected chi connectivity index (χ2v) is 10.7. The van der Waals surface area contributed by atoms with Crippen LogP contribution in [0.5, 0.6) is 0 Å². The van der Waals surface area contributed by atoms with Gasteiger partial charge in [-0.3, -0.25) is 9.52 Å². The minimum atomic E-state index is -3.82. The molecule has 0 saturated carbocycles. The number of nitrogens with zero attached hydrogens (tertiary/aromatic N) is 1. The minimum absolute atomic E-state index is 0.118. The average Bonchev–Trinajstić information content (AvgIpc) is 2.74. The van der Waals surface area contributed by atoms with Gasteiger partial charge >= 0.3 is 0 Å². The molecule has 0 radical (unpaired) electrons. The first kappa shape index (κ1) is 24.3. The highest BCUT2D eigenvalue weighted by Crippen LogP contribution is 2.23. The van der Waals surface area contributed by atoms with E-state index in [1.54, 1.807) is 25.1 Å². The van der Waals surface area contributed by atoms with Crippen LogP contribution in [0.15, 0.2) is 41.3 Å². The average molecular weight is 458 g/mol. The van der Waals surface area contributed by atoms with Crippen LogP contribution < -0.4 is 10.0 Å². The fraction of sp³-hybridized carbons (Fsp3) is 0.480. The van der Waals surface area contributed by atoms with Gasteiger partial charge < -0.3 is 10.2 Å². The molecule has 0 bridgehead atoms. The largest absolute Gasteiger partial charge is 0.352 e. The Kier molecular flexibility index (Phi) is 7.96. The minimum Gasteiger partial charge on any atom is -0.352 e. The van der Waals surface area contributed by atoms with Gasteiger partial charge in [0.15, 0.2) is 0 Å². The molecule has 2 aromatic carbocycles. The molecule has 174 valence electrons. The van der Waals surface area contributed by atoms with Crippen molar-refractivity contribution in [3.63, 3.8) is 0 Å². The molecule has 0 aliphatic carbocycles. The Morgan fingerprint density at radius 3 is 2.44 bits per heavy atom. The van der Waals surface area contributed by atoms with Crippen LogP contribution in [-0.4, -0.2) is 45.4 Å². The third kappa shape index (κ3) is 6.33. The maximum absolute atomic E-state index is 13.0. The summed E-state index contributed by atoms with van der Waals surface area (Å²) >= 11 is 0. The van der Waals surface area contributed by atoms with E-state index in [9.17, 15) is 13.2 Å². The summed E-state index contributed by atoms with van der Waals surface area (Å²) in [5.74, 6) is 0.558. The van der Waals surface area contributed by atoms with Gasteiger partial charge in [0.2, 0.25) is 0 Å². The predicted molar refractivity (Wildman–Crippen MR) is 130 cm³/mol. The van der Waals surface area contributed by atoms with Crippen molar-refractivity contribution in [1.29, 1.82) is 0 Å². The Labute approximate surface area is 192 Å². The Balaban J connectivity index is 1.62. The van der Waals surface area contributed by atoms with E-state index in [2.05, 4.69) is 21.9 Å². The van der Waals surface area contributed by atoms with Crippen molar-refractivity contribution >= 4 is 21.6 Å². The van der Waals surface area contributed by atoms with E-state index >= 15 is 0 Å². The van der Waals surface area contributed by atoms with Crippen LogP contribution in [0, 0.1) is 26.7 Å². The zero-order valence-electron chi connectivity index (χ0n) is 19.6. The molecule has 3 rings (SSSR count). The maximum atomic E-state index is 13.0. The third-order valence-electron chi connectivity index (χ3n) is 6.18. The SMILES string of the molecule is Cc1ccc(NS(=O)(=O)c2cc(C(=O)NCCCN3CCC(C)CC3)ccc2C)c(C)c1. The van der Waals surface area contributed by atoms with Crippen molar-refractivity contribution in [2.45, 2.75) is 51.9 Å². The number of carbonyl (C=O) groups is 1. The predicted octanol–water partition coefficient (Wildman–Crippen LogP) is 4.26. The van der Waals surface area contributed by atoms with Gasteiger partial charge in [0.25, 0.3) is 15.9 Å². The molecule has 0 spiro atoms. The lowest BCUT2D eigenvalue weighted by Crippen LogP contribution is -2.35. The number of piperidine rings is 1. The molecule has 1 heterocycles. The van der Waals surface area contributed by atoms with Crippen molar-refractivity contribution in [3.8, 4) is 0 Å².